The Morgan fingerprint density at radius 2 is 2.04 bits per heavy atom. The van der Waals surface area contributed by atoms with Crippen LogP contribution in [0.25, 0.3) is 11.3 Å². The molecule has 0 aliphatic rings. The summed E-state index contributed by atoms with van der Waals surface area (Å²) in [5.74, 6) is -0.416. The molecule has 0 aliphatic heterocycles. The second kappa shape index (κ2) is 8.80. The molecule has 0 spiro atoms. The van der Waals surface area contributed by atoms with Gasteiger partial charge in [0.05, 0.1) is 16.9 Å². The first kappa shape index (κ1) is 19.8. The summed E-state index contributed by atoms with van der Waals surface area (Å²) in [4.78, 5) is 12.2. The van der Waals surface area contributed by atoms with E-state index in [0.29, 0.717) is 11.6 Å². The number of amides is 1. The van der Waals surface area contributed by atoms with Crippen LogP contribution in [0.1, 0.15) is 35.5 Å². The Labute approximate surface area is 167 Å². The van der Waals surface area contributed by atoms with Crippen molar-refractivity contribution in [1.29, 1.82) is 0 Å². The molecule has 1 amide bonds. The predicted octanol–water partition coefficient (Wildman–Crippen LogP) is 4.83. The van der Waals surface area contributed by atoms with Crippen LogP contribution in [0.5, 0.6) is 0 Å². The summed E-state index contributed by atoms with van der Waals surface area (Å²) in [6.07, 6.45) is 2.18. The van der Waals surface area contributed by atoms with Gasteiger partial charge in [-0.2, -0.15) is 10.2 Å². The van der Waals surface area contributed by atoms with Crippen LogP contribution < -0.4 is 5.43 Å². The monoisotopic (exact) mass is 398 g/mol. The molecule has 0 unspecified atom stereocenters. The highest BCUT2D eigenvalue weighted by Crippen LogP contribution is 2.20. The number of carbonyl (C=O) groups is 1. The molecule has 3 rings (SSSR count). The lowest BCUT2D eigenvalue weighted by Crippen LogP contribution is -2.18. The van der Waals surface area contributed by atoms with Gasteiger partial charge in [0.1, 0.15) is 11.5 Å². The molecule has 0 radical (unpaired) electrons. The zero-order valence-corrected chi connectivity index (χ0v) is 16.3. The van der Waals surface area contributed by atoms with Gasteiger partial charge in [-0.15, -0.1) is 0 Å². The summed E-state index contributed by atoms with van der Waals surface area (Å²) < 4.78 is 13.7. The van der Waals surface area contributed by atoms with Gasteiger partial charge in [-0.3, -0.25) is 9.89 Å². The van der Waals surface area contributed by atoms with E-state index in [0.717, 1.165) is 12.0 Å². The van der Waals surface area contributed by atoms with Crippen LogP contribution in [0, 0.1) is 11.7 Å². The van der Waals surface area contributed by atoms with E-state index in [9.17, 15) is 9.18 Å². The smallest absolute Gasteiger partial charge is 0.272 e. The zero-order chi connectivity index (χ0) is 20.1. The Kier molecular flexibility index (Phi) is 6.21. The van der Waals surface area contributed by atoms with Crippen molar-refractivity contribution in [2.75, 3.05) is 0 Å². The minimum Gasteiger partial charge on any atom is -0.272 e. The highest BCUT2D eigenvalue weighted by Gasteiger charge is 2.11. The number of hydrogen-bond acceptors (Lipinski definition) is 3. The fourth-order valence-corrected chi connectivity index (χ4v) is 2.93. The maximum Gasteiger partial charge on any atom is 0.289 e. The van der Waals surface area contributed by atoms with Gasteiger partial charge in [0.2, 0.25) is 0 Å². The maximum absolute atomic E-state index is 13.7. The molecular weight excluding hydrogens is 379 g/mol. The number of carbonyl (C=O) groups excluding carboxylic acids is 1. The molecule has 2 N–H and O–H groups in total. The van der Waals surface area contributed by atoms with Gasteiger partial charge in [-0.25, -0.2) is 9.82 Å². The van der Waals surface area contributed by atoms with E-state index in [-0.39, 0.29) is 16.3 Å². The van der Waals surface area contributed by atoms with Gasteiger partial charge in [-0.05, 0) is 36.1 Å². The molecule has 0 atom stereocenters. The molecule has 1 aromatic heterocycles. The SMILES string of the molecule is CC(C)Cc1ccc(-c2cc(C(=O)N/N=C\c3c(F)cccc3Cl)[nH]n2)cc1. The second-order valence-corrected chi connectivity index (χ2v) is 7.20. The van der Waals surface area contributed by atoms with Gasteiger partial charge in [0, 0.05) is 11.1 Å². The van der Waals surface area contributed by atoms with Crippen LogP contribution in [0.4, 0.5) is 4.39 Å². The third-order valence-corrected chi connectivity index (χ3v) is 4.41. The van der Waals surface area contributed by atoms with Crippen molar-refractivity contribution < 1.29 is 9.18 Å². The lowest BCUT2D eigenvalue weighted by Gasteiger charge is -2.05. The van der Waals surface area contributed by atoms with Crippen LogP contribution in [0.2, 0.25) is 5.02 Å². The fraction of sp³-hybridized carbons (Fsp3) is 0.190. The van der Waals surface area contributed by atoms with Crippen molar-refractivity contribution >= 4 is 23.7 Å². The first-order chi connectivity index (χ1) is 13.4. The normalized spacial score (nSPS) is 11.3. The summed E-state index contributed by atoms with van der Waals surface area (Å²) in [7, 11) is 0. The molecule has 144 valence electrons. The van der Waals surface area contributed by atoms with E-state index in [4.69, 9.17) is 11.6 Å². The topological polar surface area (TPSA) is 70.1 Å². The molecule has 0 saturated carbocycles. The van der Waals surface area contributed by atoms with Gasteiger partial charge < -0.3 is 0 Å². The summed E-state index contributed by atoms with van der Waals surface area (Å²) >= 11 is 5.91. The van der Waals surface area contributed by atoms with Crippen molar-refractivity contribution in [3.8, 4) is 11.3 Å². The number of aromatic amines is 1. The number of halogens is 2. The van der Waals surface area contributed by atoms with Crippen LogP contribution in [-0.4, -0.2) is 22.3 Å². The fourth-order valence-electron chi connectivity index (χ4n) is 2.72. The van der Waals surface area contributed by atoms with Crippen LogP contribution >= 0.6 is 11.6 Å². The van der Waals surface area contributed by atoms with Crippen molar-refractivity contribution in [3.63, 3.8) is 0 Å². The molecule has 3 aromatic rings. The third kappa shape index (κ3) is 4.84. The number of hydrazone groups is 1. The van der Waals surface area contributed by atoms with Crippen molar-refractivity contribution in [2.24, 2.45) is 11.0 Å². The van der Waals surface area contributed by atoms with Crippen molar-refractivity contribution in [2.45, 2.75) is 20.3 Å². The Balaban J connectivity index is 1.66. The minimum absolute atomic E-state index is 0.108. The molecule has 1 heterocycles. The molecule has 0 bridgehead atoms. The van der Waals surface area contributed by atoms with Gasteiger partial charge in [0.25, 0.3) is 5.91 Å². The number of nitrogens with zero attached hydrogens (tertiary/aromatic N) is 2. The van der Waals surface area contributed by atoms with Crippen LogP contribution in [0.15, 0.2) is 53.6 Å². The highest BCUT2D eigenvalue weighted by molar-refractivity contribution is 6.33. The summed E-state index contributed by atoms with van der Waals surface area (Å²) in [6, 6.07) is 14.0. The largest absolute Gasteiger partial charge is 0.289 e. The molecule has 0 aliphatic carbocycles. The van der Waals surface area contributed by atoms with Crippen LogP contribution in [0.3, 0.4) is 0 Å². The molecule has 7 heteroatoms. The van der Waals surface area contributed by atoms with E-state index >= 15 is 0 Å². The Bertz CT molecular complexity index is 976. The number of H-pyrrole nitrogens is 1. The summed E-state index contributed by atoms with van der Waals surface area (Å²) in [6.45, 7) is 4.35. The minimum atomic E-state index is -0.518. The standard InChI is InChI=1S/C21H20ClFN4O/c1-13(2)10-14-6-8-15(9-7-14)19-11-20(26-25-19)21(28)27-24-12-16-17(22)4-3-5-18(16)23/h3-9,11-13H,10H2,1-2H3,(H,25,26)(H,27,28)/b24-12-. The quantitative estimate of drug-likeness (QED) is 0.461. The number of benzene rings is 2. The van der Waals surface area contributed by atoms with E-state index < -0.39 is 11.7 Å². The first-order valence-corrected chi connectivity index (χ1v) is 9.24. The molecule has 28 heavy (non-hydrogen) atoms. The third-order valence-electron chi connectivity index (χ3n) is 4.08. The molecule has 0 fully saturated rings. The van der Waals surface area contributed by atoms with E-state index in [1.54, 1.807) is 12.1 Å². The number of rotatable bonds is 6. The van der Waals surface area contributed by atoms with Crippen molar-refractivity contribution in [3.05, 3.63) is 76.2 Å². The number of nitrogens with one attached hydrogen (secondary N) is 2. The van der Waals surface area contributed by atoms with Gasteiger partial charge in [-0.1, -0.05) is 55.8 Å². The number of hydrogen-bond donors (Lipinski definition) is 2. The average Bonchev–Trinajstić information content (AvgIpc) is 3.14. The molecule has 2 aromatic carbocycles. The van der Waals surface area contributed by atoms with E-state index in [1.807, 2.05) is 12.1 Å². The summed E-state index contributed by atoms with van der Waals surface area (Å²) in [5.41, 5.74) is 5.51. The maximum atomic E-state index is 13.7. The first-order valence-electron chi connectivity index (χ1n) is 8.86. The Morgan fingerprint density at radius 1 is 1.29 bits per heavy atom. The van der Waals surface area contributed by atoms with Gasteiger partial charge >= 0.3 is 0 Å². The molecular formula is C21H20ClFN4O. The Morgan fingerprint density at radius 3 is 2.71 bits per heavy atom. The van der Waals surface area contributed by atoms with E-state index in [2.05, 4.69) is 46.7 Å². The zero-order valence-electron chi connectivity index (χ0n) is 15.5. The van der Waals surface area contributed by atoms with Gasteiger partial charge in [0.15, 0.2) is 0 Å². The Hall–Kier alpha value is -2.99. The lowest BCUT2D eigenvalue weighted by molar-refractivity contribution is 0.0950. The number of aromatic nitrogens is 2. The predicted molar refractivity (Wildman–Crippen MR) is 109 cm³/mol. The second-order valence-electron chi connectivity index (χ2n) is 6.80. The van der Waals surface area contributed by atoms with Crippen molar-refractivity contribution in [1.82, 2.24) is 15.6 Å². The van der Waals surface area contributed by atoms with E-state index in [1.165, 1.54) is 23.9 Å². The lowest BCUT2D eigenvalue weighted by atomic mass is 10.0. The summed E-state index contributed by atoms with van der Waals surface area (Å²) in [5, 5.41) is 10.8. The average molecular weight is 399 g/mol. The molecule has 0 saturated heterocycles. The molecule has 5 nitrogen and oxygen atoms in total. The highest BCUT2D eigenvalue weighted by atomic mass is 35.5. The van der Waals surface area contributed by atoms with Crippen LogP contribution in [-0.2, 0) is 6.42 Å².